The van der Waals surface area contributed by atoms with Gasteiger partial charge in [-0.3, -0.25) is 4.79 Å². The van der Waals surface area contributed by atoms with E-state index in [0.717, 1.165) is 19.3 Å². The zero-order chi connectivity index (χ0) is 17.1. The topological polar surface area (TPSA) is 41.1 Å². The van der Waals surface area contributed by atoms with E-state index in [1.807, 2.05) is 7.05 Å². The van der Waals surface area contributed by atoms with E-state index in [1.165, 1.54) is 0 Å². The molecule has 0 radical (unpaired) electrons. The maximum Gasteiger partial charge on any atom is 0.226 e. The minimum atomic E-state index is -0.306. The first-order valence-electron chi connectivity index (χ1n) is 8.18. The smallest absolute Gasteiger partial charge is 0.226 e. The Morgan fingerprint density at radius 3 is 1.67 bits per heavy atom. The summed E-state index contributed by atoms with van der Waals surface area (Å²) in [5.41, 5.74) is -0.378. The average Bonchev–Trinajstić information content (AvgIpc) is 2.24. The summed E-state index contributed by atoms with van der Waals surface area (Å²) in [4.78, 5) is 12.8. The molecule has 0 saturated carbocycles. The Morgan fingerprint density at radius 2 is 1.33 bits per heavy atom. The fourth-order valence-corrected chi connectivity index (χ4v) is 3.23. The highest BCUT2D eigenvalue weighted by atomic mass is 16.2. The highest BCUT2D eigenvalue weighted by molar-refractivity contribution is 5.82. The van der Waals surface area contributed by atoms with Gasteiger partial charge in [0.1, 0.15) is 0 Å². The quantitative estimate of drug-likeness (QED) is 0.742. The molecule has 0 aliphatic rings. The van der Waals surface area contributed by atoms with E-state index in [4.69, 9.17) is 0 Å². The molecule has 3 nitrogen and oxygen atoms in total. The SMILES string of the molecule is CCC(C)(CC(C)(C)C)C(=O)NC(C)(C)CC(C)(C)NC. The van der Waals surface area contributed by atoms with Crippen molar-refractivity contribution in [2.24, 2.45) is 10.8 Å². The first kappa shape index (κ1) is 20.4. The third-order valence-electron chi connectivity index (χ3n) is 4.26. The summed E-state index contributed by atoms with van der Waals surface area (Å²) in [6.07, 6.45) is 2.65. The van der Waals surface area contributed by atoms with Gasteiger partial charge in [-0.2, -0.15) is 0 Å². The van der Waals surface area contributed by atoms with Gasteiger partial charge in [-0.25, -0.2) is 0 Å². The van der Waals surface area contributed by atoms with Gasteiger partial charge in [-0.1, -0.05) is 34.6 Å². The molecule has 0 aromatic rings. The van der Waals surface area contributed by atoms with Crippen LogP contribution >= 0.6 is 0 Å². The fraction of sp³-hybridized carbons (Fsp3) is 0.944. The van der Waals surface area contributed by atoms with Gasteiger partial charge in [-0.05, 0) is 59.4 Å². The first-order valence-corrected chi connectivity index (χ1v) is 8.18. The number of rotatable bonds is 7. The van der Waals surface area contributed by atoms with Crippen LogP contribution in [0.4, 0.5) is 0 Å². The Bertz CT molecular complexity index is 353. The van der Waals surface area contributed by atoms with Crippen LogP contribution in [0.5, 0.6) is 0 Å². The Balaban J connectivity index is 5.00. The third-order valence-corrected chi connectivity index (χ3v) is 4.26. The summed E-state index contributed by atoms with van der Waals surface area (Å²) in [7, 11) is 1.97. The molecule has 2 N–H and O–H groups in total. The monoisotopic (exact) mass is 298 g/mol. The fourth-order valence-electron chi connectivity index (χ4n) is 3.23. The van der Waals surface area contributed by atoms with Gasteiger partial charge < -0.3 is 10.6 Å². The summed E-state index contributed by atoms with van der Waals surface area (Å²) in [5.74, 6) is 0.178. The van der Waals surface area contributed by atoms with E-state index in [0.29, 0.717) is 0 Å². The van der Waals surface area contributed by atoms with Crippen molar-refractivity contribution in [2.75, 3.05) is 7.05 Å². The van der Waals surface area contributed by atoms with E-state index in [1.54, 1.807) is 0 Å². The van der Waals surface area contributed by atoms with Crippen LogP contribution < -0.4 is 10.6 Å². The molecule has 0 spiro atoms. The van der Waals surface area contributed by atoms with E-state index in [-0.39, 0.29) is 27.8 Å². The molecule has 0 aromatic heterocycles. The maximum atomic E-state index is 12.8. The maximum absolute atomic E-state index is 12.8. The van der Waals surface area contributed by atoms with Crippen molar-refractivity contribution in [1.82, 2.24) is 10.6 Å². The Labute approximate surface area is 132 Å². The van der Waals surface area contributed by atoms with Crippen LogP contribution in [0, 0.1) is 10.8 Å². The molecule has 0 rings (SSSR count). The summed E-state index contributed by atoms with van der Waals surface area (Å²) in [6.45, 7) is 19.3. The molecular weight excluding hydrogens is 260 g/mol. The minimum absolute atomic E-state index is 0.00340. The molecule has 0 aromatic carbocycles. The van der Waals surface area contributed by atoms with Crippen LogP contribution in [0.1, 0.15) is 81.6 Å². The molecular formula is C18H38N2O. The lowest BCUT2D eigenvalue weighted by Crippen LogP contribution is -2.55. The second-order valence-electron chi connectivity index (χ2n) is 9.30. The van der Waals surface area contributed by atoms with Crippen molar-refractivity contribution >= 4 is 5.91 Å². The van der Waals surface area contributed by atoms with Crippen molar-refractivity contribution in [3.05, 3.63) is 0 Å². The lowest BCUT2D eigenvalue weighted by Gasteiger charge is -2.40. The van der Waals surface area contributed by atoms with Crippen molar-refractivity contribution in [3.8, 4) is 0 Å². The summed E-state index contributed by atoms with van der Waals surface area (Å²) in [6, 6.07) is 0. The summed E-state index contributed by atoms with van der Waals surface area (Å²) < 4.78 is 0. The predicted octanol–water partition coefficient (Wildman–Crippen LogP) is 4.12. The van der Waals surface area contributed by atoms with Crippen molar-refractivity contribution in [3.63, 3.8) is 0 Å². The predicted molar refractivity (Wildman–Crippen MR) is 92.4 cm³/mol. The Kier molecular flexibility index (Phi) is 6.50. The van der Waals surface area contributed by atoms with Gasteiger partial charge >= 0.3 is 0 Å². The van der Waals surface area contributed by atoms with Gasteiger partial charge in [0.25, 0.3) is 0 Å². The summed E-state index contributed by atoms with van der Waals surface area (Å²) in [5, 5.41) is 6.59. The lowest BCUT2D eigenvalue weighted by molar-refractivity contribution is -0.134. The number of nitrogens with one attached hydrogen (secondary N) is 2. The van der Waals surface area contributed by atoms with Gasteiger partial charge in [-0.15, -0.1) is 0 Å². The zero-order valence-corrected chi connectivity index (χ0v) is 16.0. The van der Waals surface area contributed by atoms with Gasteiger partial charge in [0.05, 0.1) is 0 Å². The van der Waals surface area contributed by atoms with Crippen molar-refractivity contribution < 1.29 is 4.79 Å². The molecule has 3 heteroatoms. The molecule has 0 fully saturated rings. The van der Waals surface area contributed by atoms with Crippen LogP contribution in [-0.4, -0.2) is 24.0 Å². The second-order valence-corrected chi connectivity index (χ2v) is 9.30. The van der Waals surface area contributed by atoms with Gasteiger partial charge in [0.2, 0.25) is 5.91 Å². The van der Waals surface area contributed by atoms with Crippen LogP contribution in [-0.2, 0) is 4.79 Å². The van der Waals surface area contributed by atoms with Crippen LogP contribution in [0.3, 0.4) is 0 Å². The highest BCUT2D eigenvalue weighted by Gasteiger charge is 2.38. The van der Waals surface area contributed by atoms with E-state index in [2.05, 4.69) is 72.9 Å². The Hall–Kier alpha value is -0.570. The van der Waals surface area contributed by atoms with Crippen LogP contribution in [0.2, 0.25) is 0 Å². The number of hydrogen-bond donors (Lipinski definition) is 2. The molecule has 0 heterocycles. The molecule has 1 atom stereocenters. The average molecular weight is 299 g/mol. The molecule has 21 heavy (non-hydrogen) atoms. The molecule has 126 valence electrons. The van der Waals surface area contributed by atoms with Gasteiger partial charge in [0, 0.05) is 16.5 Å². The third kappa shape index (κ3) is 7.30. The standard InChI is InChI=1S/C18H38N2O/c1-11-18(9,12-15(2,3)4)14(21)20-17(7,8)13-16(5,6)19-10/h19H,11-13H2,1-10H3,(H,20,21). The number of carbonyl (C=O) groups excluding carboxylic acids is 1. The highest BCUT2D eigenvalue weighted by Crippen LogP contribution is 2.37. The van der Waals surface area contributed by atoms with Crippen molar-refractivity contribution in [2.45, 2.75) is 92.7 Å². The van der Waals surface area contributed by atoms with Crippen molar-refractivity contribution in [1.29, 1.82) is 0 Å². The zero-order valence-electron chi connectivity index (χ0n) is 16.0. The second kappa shape index (κ2) is 6.68. The number of amides is 1. The van der Waals surface area contributed by atoms with Crippen LogP contribution in [0.15, 0.2) is 0 Å². The molecule has 0 bridgehead atoms. The lowest BCUT2D eigenvalue weighted by atomic mass is 9.72. The minimum Gasteiger partial charge on any atom is -0.351 e. The van der Waals surface area contributed by atoms with Crippen LogP contribution in [0.25, 0.3) is 0 Å². The largest absolute Gasteiger partial charge is 0.351 e. The molecule has 0 aliphatic carbocycles. The van der Waals surface area contributed by atoms with E-state index >= 15 is 0 Å². The molecule has 0 saturated heterocycles. The molecule has 1 unspecified atom stereocenters. The van der Waals surface area contributed by atoms with E-state index in [9.17, 15) is 4.79 Å². The van der Waals surface area contributed by atoms with Gasteiger partial charge in [0.15, 0.2) is 0 Å². The molecule has 0 aliphatic heterocycles. The molecule has 1 amide bonds. The first-order chi connectivity index (χ1) is 9.16. The number of hydrogen-bond acceptors (Lipinski definition) is 2. The van der Waals surface area contributed by atoms with E-state index < -0.39 is 0 Å². The summed E-state index contributed by atoms with van der Waals surface area (Å²) >= 11 is 0. The number of carbonyl (C=O) groups is 1. The Morgan fingerprint density at radius 1 is 0.857 bits per heavy atom. The normalized spacial score (nSPS) is 16.5.